The van der Waals surface area contributed by atoms with Crippen LogP contribution in [0.3, 0.4) is 0 Å². The summed E-state index contributed by atoms with van der Waals surface area (Å²) in [5.41, 5.74) is 1.24. The van der Waals surface area contributed by atoms with Gasteiger partial charge in [0.05, 0.1) is 12.3 Å². The summed E-state index contributed by atoms with van der Waals surface area (Å²) in [5, 5.41) is 3.18. The van der Waals surface area contributed by atoms with E-state index in [4.69, 9.17) is 32.7 Å². The van der Waals surface area contributed by atoms with Crippen molar-refractivity contribution in [2.24, 2.45) is 0 Å². The predicted molar refractivity (Wildman–Crippen MR) is 146 cm³/mol. The summed E-state index contributed by atoms with van der Waals surface area (Å²) in [6, 6.07) is 15.9. The second-order valence-corrected chi connectivity index (χ2v) is 9.77. The van der Waals surface area contributed by atoms with Crippen LogP contribution in [-0.4, -0.2) is 24.5 Å². The summed E-state index contributed by atoms with van der Waals surface area (Å²) in [7, 11) is 0. The van der Waals surface area contributed by atoms with Crippen LogP contribution < -0.4 is 19.7 Å². The van der Waals surface area contributed by atoms with Gasteiger partial charge in [0.15, 0.2) is 0 Å². The molecule has 0 spiro atoms. The number of nitrogens with zero attached hydrogens (tertiary/aromatic N) is 1. The largest absolute Gasteiger partial charge is 0.494 e. The maximum atomic E-state index is 13.3. The van der Waals surface area contributed by atoms with E-state index in [1.165, 1.54) is 6.08 Å². The van der Waals surface area contributed by atoms with E-state index in [1.54, 1.807) is 60.7 Å². The van der Waals surface area contributed by atoms with Crippen LogP contribution >= 0.6 is 39.1 Å². The van der Waals surface area contributed by atoms with E-state index in [9.17, 15) is 14.4 Å². The molecule has 1 aliphatic heterocycles. The van der Waals surface area contributed by atoms with E-state index in [2.05, 4.69) is 21.2 Å². The van der Waals surface area contributed by atoms with Gasteiger partial charge in [0.2, 0.25) is 0 Å². The zero-order chi connectivity index (χ0) is 26.5. The number of amides is 4. The van der Waals surface area contributed by atoms with E-state index in [1.807, 2.05) is 6.92 Å². The van der Waals surface area contributed by atoms with Crippen LogP contribution in [0.2, 0.25) is 10.0 Å². The number of carbonyl (C=O) groups excluding carboxylic acids is 3. The van der Waals surface area contributed by atoms with Crippen molar-refractivity contribution >= 4 is 68.7 Å². The van der Waals surface area contributed by atoms with Gasteiger partial charge in [0.1, 0.15) is 23.7 Å². The standard InChI is InChI=1S/C27H21BrCl2N2O5/c1-2-11-36-21-8-6-20(7-9-21)32-26(34)22(25(33)31-27(32)35)13-17-12-18(28)4-10-24(17)37-15-16-3-5-19(29)14-23(16)30/h3-10,12-14H,2,11,15H2,1H3,(H,31,33,35)/b22-13-. The van der Waals surface area contributed by atoms with E-state index >= 15 is 0 Å². The summed E-state index contributed by atoms with van der Waals surface area (Å²) < 4.78 is 12.2. The Morgan fingerprint density at radius 1 is 0.973 bits per heavy atom. The first-order chi connectivity index (χ1) is 17.8. The van der Waals surface area contributed by atoms with Crippen molar-refractivity contribution < 1.29 is 23.9 Å². The molecule has 1 heterocycles. The third kappa shape index (κ3) is 6.33. The van der Waals surface area contributed by atoms with E-state index in [-0.39, 0.29) is 12.2 Å². The first-order valence-corrected chi connectivity index (χ1v) is 12.8. The molecule has 1 saturated heterocycles. The summed E-state index contributed by atoms with van der Waals surface area (Å²) in [6.07, 6.45) is 2.23. The van der Waals surface area contributed by atoms with Crippen molar-refractivity contribution in [3.8, 4) is 11.5 Å². The molecule has 4 amide bonds. The number of carbonyl (C=O) groups is 3. The van der Waals surface area contributed by atoms with Gasteiger partial charge in [-0.05, 0) is 67.1 Å². The van der Waals surface area contributed by atoms with Crippen LogP contribution in [-0.2, 0) is 16.2 Å². The number of rotatable bonds is 8. The van der Waals surface area contributed by atoms with Gasteiger partial charge in [0.25, 0.3) is 11.8 Å². The fraction of sp³-hybridized carbons (Fsp3) is 0.148. The minimum absolute atomic E-state index is 0.130. The molecule has 1 N–H and O–H groups in total. The lowest BCUT2D eigenvalue weighted by molar-refractivity contribution is -0.122. The molecule has 0 radical (unpaired) electrons. The van der Waals surface area contributed by atoms with Gasteiger partial charge in [0, 0.05) is 25.6 Å². The fourth-order valence-corrected chi connectivity index (χ4v) is 4.36. The zero-order valence-electron chi connectivity index (χ0n) is 19.6. The number of anilines is 1. The van der Waals surface area contributed by atoms with Crippen LogP contribution in [0.5, 0.6) is 11.5 Å². The molecule has 10 heteroatoms. The lowest BCUT2D eigenvalue weighted by atomic mass is 10.1. The molecule has 3 aromatic carbocycles. The molecule has 0 aromatic heterocycles. The lowest BCUT2D eigenvalue weighted by Gasteiger charge is -2.26. The van der Waals surface area contributed by atoms with Crippen LogP contribution in [0.4, 0.5) is 10.5 Å². The maximum Gasteiger partial charge on any atom is 0.335 e. The molecule has 0 bridgehead atoms. The molecular formula is C27H21BrCl2N2O5. The molecule has 0 aliphatic carbocycles. The van der Waals surface area contributed by atoms with E-state index in [0.717, 1.165) is 11.3 Å². The molecule has 190 valence electrons. The Morgan fingerprint density at radius 3 is 2.43 bits per heavy atom. The monoisotopic (exact) mass is 602 g/mol. The number of hydrogen-bond donors (Lipinski definition) is 1. The highest BCUT2D eigenvalue weighted by atomic mass is 79.9. The van der Waals surface area contributed by atoms with Crippen molar-refractivity contribution in [3.05, 3.63) is 91.9 Å². The summed E-state index contributed by atoms with van der Waals surface area (Å²) in [4.78, 5) is 39.5. The first kappa shape index (κ1) is 26.7. The van der Waals surface area contributed by atoms with Crippen molar-refractivity contribution in [3.63, 3.8) is 0 Å². The van der Waals surface area contributed by atoms with Crippen molar-refractivity contribution in [2.45, 2.75) is 20.0 Å². The zero-order valence-corrected chi connectivity index (χ0v) is 22.7. The molecule has 1 aliphatic rings. The van der Waals surface area contributed by atoms with Crippen LogP contribution in [0.25, 0.3) is 6.08 Å². The van der Waals surface area contributed by atoms with Crippen LogP contribution in [0.1, 0.15) is 24.5 Å². The van der Waals surface area contributed by atoms with Crippen LogP contribution in [0, 0.1) is 0 Å². The maximum absolute atomic E-state index is 13.3. The smallest absolute Gasteiger partial charge is 0.335 e. The summed E-state index contributed by atoms with van der Waals surface area (Å²) >= 11 is 15.6. The molecule has 1 fully saturated rings. The fourth-order valence-electron chi connectivity index (χ4n) is 3.52. The van der Waals surface area contributed by atoms with E-state index in [0.29, 0.717) is 49.4 Å². The Balaban J connectivity index is 1.62. The Labute approximate surface area is 232 Å². The number of ether oxygens (including phenoxy) is 2. The molecule has 0 atom stereocenters. The average Bonchev–Trinajstić information content (AvgIpc) is 2.86. The molecule has 7 nitrogen and oxygen atoms in total. The molecule has 4 rings (SSSR count). The Morgan fingerprint density at radius 2 is 1.73 bits per heavy atom. The molecular weight excluding hydrogens is 583 g/mol. The minimum Gasteiger partial charge on any atom is -0.494 e. The highest BCUT2D eigenvalue weighted by molar-refractivity contribution is 9.10. The van der Waals surface area contributed by atoms with E-state index < -0.39 is 17.8 Å². The molecule has 0 unspecified atom stereocenters. The van der Waals surface area contributed by atoms with Crippen molar-refractivity contribution in [1.82, 2.24) is 5.32 Å². The number of benzene rings is 3. The molecule has 0 saturated carbocycles. The third-order valence-corrected chi connectivity index (χ3v) is 6.42. The molecule has 3 aromatic rings. The van der Waals surface area contributed by atoms with Gasteiger partial charge in [-0.15, -0.1) is 0 Å². The predicted octanol–water partition coefficient (Wildman–Crippen LogP) is 6.79. The number of urea groups is 1. The topological polar surface area (TPSA) is 84.9 Å². The molecule has 37 heavy (non-hydrogen) atoms. The number of barbiturate groups is 1. The number of halogens is 3. The summed E-state index contributed by atoms with van der Waals surface area (Å²) in [5.74, 6) is -0.550. The minimum atomic E-state index is -0.836. The highest BCUT2D eigenvalue weighted by Gasteiger charge is 2.37. The highest BCUT2D eigenvalue weighted by Crippen LogP contribution is 2.30. The second-order valence-electron chi connectivity index (χ2n) is 8.01. The van der Waals surface area contributed by atoms with Gasteiger partial charge < -0.3 is 9.47 Å². The normalized spacial score (nSPS) is 14.6. The SMILES string of the molecule is CCCOc1ccc(N2C(=O)NC(=O)/C(=C/c3cc(Br)ccc3OCc3ccc(Cl)cc3Cl)C2=O)cc1. The van der Waals surface area contributed by atoms with Gasteiger partial charge in [-0.3, -0.25) is 14.9 Å². The Bertz CT molecular complexity index is 1390. The van der Waals surface area contributed by atoms with Crippen molar-refractivity contribution in [2.75, 3.05) is 11.5 Å². The second kappa shape index (κ2) is 11.8. The summed E-state index contributed by atoms with van der Waals surface area (Å²) in [6.45, 7) is 2.67. The Hall–Kier alpha value is -3.33. The van der Waals surface area contributed by atoms with Gasteiger partial charge >= 0.3 is 6.03 Å². The quantitative estimate of drug-likeness (QED) is 0.226. The number of nitrogens with one attached hydrogen (secondary N) is 1. The van der Waals surface area contributed by atoms with Crippen molar-refractivity contribution in [1.29, 1.82) is 0 Å². The average molecular weight is 604 g/mol. The van der Waals surface area contributed by atoms with Gasteiger partial charge in [-0.1, -0.05) is 52.1 Å². The Kier molecular flexibility index (Phi) is 8.53. The van der Waals surface area contributed by atoms with Gasteiger partial charge in [-0.2, -0.15) is 0 Å². The third-order valence-electron chi connectivity index (χ3n) is 5.34. The van der Waals surface area contributed by atoms with Gasteiger partial charge in [-0.25, -0.2) is 9.69 Å². The first-order valence-electron chi connectivity index (χ1n) is 11.3. The number of hydrogen-bond acceptors (Lipinski definition) is 5. The van der Waals surface area contributed by atoms with Crippen LogP contribution in [0.15, 0.2) is 70.7 Å². The number of imide groups is 2. The lowest BCUT2D eigenvalue weighted by Crippen LogP contribution is -2.54.